The van der Waals surface area contributed by atoms with Crippen molar-refractivity contribution >= 4 is 28.3 Å². The number of benzene rings is 1. The molecule has 1 aliphatic rings. The van der Waals surface area contributed by atoms with Gasteiger partial charge in [-0.05, 0) is 53.6 Å². The molecule has 0 radical (unpaired) electrons. The fraction of sp³-hybridized carbons (Fsp3) is 0.538. The van der Waals surface area contributed by atoms with Gasteiger partial charge in [-0.15, -0.1) is 0 Å². The van der Waals surface area contributed by atoms with Crippen LogP contribution in [0.1, 0.15) is 26.7 Å². The van der Waals surface area contributed by atoms with Crippen molar-refractivity contribution in [3.8, 4) is 0 Å². The molecule has 1 heterocycles. The Balaban J connectivity index is 2.05. The second-order valence-electron chi connectivity index (χ2n) is 4.54. The first kappa shape index (κ1) is 11.2. The second-order valence-corrected chi connectivity index (χ2v) is 5.79. The summed E-state index contributed by atoms with van der Waals surface area (Å²) < 4.78 is 1.33. The van der Waals surface area contributed by atoms with Gasteiger partial charge in [0.25, 0.3) is 0 Å². The molecule has 2 rings (SSSR count). The number of nitrogens with zero attached hydrogens (tertiary/aromatic N) is 1. The van der Waals surface area contributed by atoms with Crippen LogP contribution in [0.3, 0.4) is 0 Å². The van der Waals surface area contributed by atoms with E-state index in [0.29, 0.717) is 5.41 Å². The molecule has 1 saturated heterocycles. The smallest absolute Gasteiger partial charge is 0.0377 e. The molecule has 1 nitrogen and oxygen atoms in total. The number of halogens is 1. The lowest BCUT2D eigenvalue weighted by Crippen LogP contribution is -2.55. The van der Waals surface area contributed by atoms with Crippen molar-refractivity contribution in [1.29, 1.82) is 0 Å². The molecule has 2 heteroatoms. The van der Waals surface area contributed by atoms with Crippen molar-refractivity contribution < 1.29 is 0 Å². The first-order valence-corrected chi connectivity index (χ1v) is 6.77. The van der Waals surface area contributed by atoms with Gasteiger partial charge in [0, 0.05) is 27.8 Å². The predicted molar refractivity (Wildman–Crippen MR) is 74.4 cm³/mol. The number of anilines is 1. The molecule has 0 amide bonds. The minimum absolute atomic E-state index is 0.598. The van der Waals surface area contributed by atoms with Crippen LogP contribution in [0.5, 0.6) is 0 Å². The molecule has 1 aliphatic heterocycles. The molecule has 0 bridgehead atoms. The van der Waals surface area contributed by atoms with Gasteiger partial charge in [0.1, 0.15) is 0 Å². The lowest BCUT2D eigenvalue weighted by Gasteiger charge is -2.51. The summed E-state index contributed by atoms with van der Waals surface area (Å²) in [4.78, 5) is 2.50. The van der Waals surface area contributed by atoms with Gasteiger partial charge in [0.05, 0.1) is 0 Å². The standard InChI is InChI=1S/C13H18IN/c1-3-13(4-2)9-15(10-13)12-7-5-6-11(14)8-12/h5-8H,3-4,9-10H2,1-2H3. The van der Waals surface area contributed by atoms with E-state index in [4.69, 9.17) is 0 Å². The summed E-state index contributed by atoms with van der Waals surface area (Å²) in [6.07, 6.45) is 2.62. The van der Waals surface area contributed by atoms with Gasteiger partial charge in [0.2, 0.25) is 0 Å². The van der Waals surface area contributed by atoms with Crippen molar-refractivity contribution in [2.75, 3.05) is 18.0 Å². The Morgan fingerprint density at radius 3 is 2.47 bits per heavy atom. The maximum atomic E-state index is 2.50. The monoisotopic (exact) mass is 315 g/mol. The molecule has 0 saturated carbocycles. The zero-order chi connectivity index (χ0) is 10.9. The average molecular weight is 315 g/mol. The largest absolute Gasteiger partial charge is 0.370 e. The number of rotatable bonds is 3. The topological polar surface area (TPSA) is 3.24 Å². The maximum absolute atomic E-state index is 2.50. The Bertz CT molecular complexity index is 336. The third kappa shape index (κ3) is 2.14. The van der Waals surface area contributed by atoms with Crippen LogP contribution in [0.15, 0.2) is 24.3 Å². The molecule has 1 aromatic rings. The van der Waals surface area contributed by atoms with Gasteiger partial charge in [-0.25, -0.2) is 0 Å². The van der Waals surface area contributed by atoms with E-state index in [0.717, 1.165) is 0 Å². The maximum Gasteiger partial charge on any atom is 0.0377 e. The van der Waals surface area contributed by atoms with Gasteiger partial charge >= 0.3 is 0 Å². The summed E-state index contributed by atoms with van der Waals surface area (Å²) in [5.74, 6) is 0. The van der Waals surface area contributed by atoms with Crippen LogP contribution >= 0.6 is 22.6 Å². The Kier molecular flexibility index (Phi) is 3.24. The minimum Gasteiger partial charge on any atom is -0.370 e. The van der Waals surface area contributed by atoms with Crippen LogP contribution in [0.25, 0.3) is 0 Å². The summed E-state index contributed by atoms with van der Waals surface area (Å²) in [7, 11) is 0. The normalized spacial score (nSPS) is 18.7. The van der Waals surface area contributed by atoms with Gasteiger partial charge in [-0.2, -0.15) is 0 Å². The molecule has 0 aromatic heterocycles. The van der Waals surface area contributed by atoms with Gasteiger partial charge in [-0.1, -0.05) is 19.9 Å². The predicted octanol–water partition coefficient (Wildman–Crippen LogP) is 3.92. The summed E-state index contributed by atoms with van der Waals surface area (Å²) in [6, 6.07) is 8.79. The Labute approximate surface area is 106 Å². The van der Waals surface area contributed by atoms with Crippen LogP contribution in [-0.4, -0.2) is 13.1 Å². The summed E-state index contributed by atoms with van der Waals surface area (Å²) >= 11 is 2.38. The molecule has 82 valence electrons. The highest BCUT2D eigenvalue weighted by Gasteiger charge is 2.39. The second kappa shape index (κ2) is 4.32. The van der Waals surface area contributed by atoms with E-state index in [1.165, 1.54) is 35.2 Å². The van der Waals surface area contributed by atoms with Crippen LogP contribution in [0.2, 0.25) is 0 Å². The van der Waals surface area contributed by atoms with Crippen molar-refractivity contribution in [1.82, 2.24) is 0 Å². The van der Waals surface area contributed by atoms with Gasteiger partial charge in [-0.3, -0.25) is 0 Å². The lowest BCUT2D eigenvalue weighted by atomic mass is 9.75. The Morgan fingerprint density at radius 2 is 1.93 bits per heavy atom. The van der Waals surface area contributed by atoms with E-state index in [9.17, 15) is 0 Å². The van der Waals surface area contributed by atoms with Crippen LogP contribution < -0.4 is 4.90 Å². The van der Waals surface area contributed by atoms with E-state index < -0.39 is 0 Å². The van der Waals surface area contributed by atoms with Crippen molar-refractivity contribution in [3.63, 3.8) is 0 Å². The van der Waals surface area contributed by atoms with Gasteiger partial charge < -0.3 is 4.90 Å². The third-order valence-corrected chi connectivity index (χ3v) is 4.40. The number of hydrogen-bond acceptors (Lipinski definition) is 1. The van der Waals surface area contributed by atoms with Crippen molar-refractivity contribution in [2.45, 2.75) is 26.7 Å². The zero-order valence-electron chi connectivity index (χ0n) is 9.46. The summed E-state index contributed by atoms with van der Waals surface area (Å²) in [5, 5.41) is 0. The van der Waals surface area contributed by atoms with E-state index in [-0.39, 0.29) is 0 Å². The van der Waals surface area contributed by atoms with Crippen molar-refractivity contribution in [3.05, 3.63) is 27.8 Å². The SMILES string of the molecule is CCC1(CC)CN(c2cccc(I)c2)C1. The van der Waals surface area contributed by atoms with Crippen LogP contribution in [0, 0.1) is 8.99 Å². The highest BCUT2D eigenvalue weighted by atomic mass is 127. The highest BCUT2D eigenvalue weighted by molar-refractivity contribution is 14.1. The molecule has 0 aliphatic carbocycles. The molecule has 0 N–H and O–H groups in total. The van der Waals surface area contributed by atoms with Crippen LogP contribution in [0.4, 0.5) is 5.69 Å². The highest BCUT2D eigenvalue weighted by Crippen LogP contribution is 2.39. The fourth-order valence-electron chi connectivity index (χ4n) is 2.32. The first-order valence-electron chi connectivity index (χ1n) is 5.69. The average Bonchev–Trinajstić information content (AvgIpc) is 2.18. The van der Waals surface area contributed by atoms with E-state index in [2.05, 4.69) is 65.6 Å². The molecule has 1 fully saturated rings. The first-order chi connectivity index (χ1) is 7.19. The van der Waals surface area contributed by atoms with Crippen LogP contribution in [-0.2, 0) is 0 Å². The molecular weight excluding hydrogens is 297 g/mol. The molecule has 15 heavy (non-hydrogen) atoms. The zero-order valence-corrected chi connectivity index (χ0v) is 11.6. The minimum atomic E-state index is 0.598. The van der Waals surface area contributed by atoms with E-state index in [1.807, 2.05) is 0 Å². The Morgan fingerprint density at radius 1 is 1.27 bits per heavy atom. The molecule has 0 atom stereocenters. The summed E-state index contributed by atoms with van der Waals surface area (Å²) in [5.41, 5.74) is 1.99. The Hall–Kier alpha value is -0.250. The lowest BCUT2D eigenvalue weighted by molar-refractivity contribution is 0.194. The molecule has 0 spiro atoms. The van der Waals surface area contributed by atoms with E-state index >= 15 is 0 Å². The van der Waals surface area contributed by atoms with Crippen molar-refractivity contribution in [2.24, 2.45) is 5.41 Å². The van der Waals surface area contributed by atoms with E-state index in [1.54, 1.807) is 0 Å². The van der Waals surface area contributed by atoms with Gasteiger partial charge in [0.15, 0.2) is 0 Å². The molecule has 1 aromatic carbocycles. The molecular formula is C13H18IN. The number of hydrogen-bond donors (Lipinski definition) is 0. The third-order valence-electron chi connectivity index (χ3n) is 3.73. The fourth-order valence-corrected chi connectivity index (χ4v) is 2.84. The summed E-state index contributed by atoms with van der Waals surface area (Å²) in [6.45, 7) is 7.10. The molecule has 0 unspecified atom stereocenters. The quantitative estimate of drug-likeness (QED) is 0.764.